The number of anilines is 1. The number of carbonyl (C=O) groups is 1. The lowest BCUT2D eigenvalue weighted by Crippen LogP contribution is -2.18. The molecule has 0 spiro atoms. The van der Waals surface area contributed by atoms with E-state index in [1.165, 1.54) is 49.6 Å². The lowest BCUT2D eigenvalue weighted by molar-refractivity contribution is -0.137. The van der Waals surface area contributed by atoms with Crippen molar-refractivity contribution in [2.75, 3.05) is 11.8 Å². The van der Waals surface area contributed by atoms with Crippen LogP contribution in [0.1, 0.15) is 15.9 Å². The zero-order valence-electron chi connectivity index (χ0n) is 14.4. The monoisotopic (exact) mass is 409 g/mol. The Bertz CT molecular complexity index is 1140. The number of benzene rings is 2. The second-order valence-corrected chi connectivity index (χ2v) is 7.49. The van der Waals surface area contributed by atoms with Gasteiger partial charge in [-0.1, -0.05) is 6.07 Å². The van der Waals surface area contributed by atoms with Gasteiger partial charge in [0.25, 0.3) is 15.9 Å². The molecule has 2 aromatic carbocycles. The topological polar surface area (TPSA) is 88.2 Å². The lowest BCUT2D eigenvalue weighted by atomic mass is 10.1. The summed E-state index contributed by atoms with van der Waals surface area (Å²) in [6.07, 6.45) is -3.30. The Morgan fingerprint density at radius 1 is 1.07 bits per heavy atom. The van der Waals surface area contributed by atoms with Crippen LogP contribution in [0.5, 0.6) is 0 Å². The van der Waals surface area contributed by atoms with Crippen molar-refractivity contribution in [3.05, 3.63) is 65.9 Å². The maximum absolute atomic E-state index is 13.2. The zero-order valence-corrected chi connectivity index (χ0v) is 15.2. The average molecular weight is 409 g/mol. The van der Waals surface area contributed by atoms with E-state index in [0.717, 1.165) is 6.07 Å². The molecule has 0 atom stereocenters. The number of nitrogens with zero attached hydrogens (tertiary/aromatic N) is 1. The number of rotatable bonds is 4. The highest BCUT2D eigenvalue weighted by molar-refractivity contribution is 7.92. The zero-order chi connectivity index (χ0) is 20.5. The van der Waals surface area contributed by atoms with Crippen LogP contribution in [0.4, 0.5) is 18.9 Å². The van der Waals surface area contributed by atoms with E-state index in [1.54, 1.807) is 0 Å². The van der Waals surface area contributed by atoms with Crippen molar-refractivity contribution >= 4 is 32.5 Å². The van der Waals surface area contributed by atoms with E-state index in [2.05, 4.69) is 15.0 Å². The van der Waals surface area contributed by atoms with Gasteiger partial charge in [-0.15, -0.1) is 0 Å². The Morgan fingerprint density at radius 3 is 2.36 bits per heavy atom. The van der Waals surface area contributed by atoms with Crippen molar-refractivity contribution < 1.29 is 26.4 Å². The van der Waals surface area contributed by atoms with E-state index >= 15 is 0 Å². The third kappa shape index (κ3) is 3.91. The molecule has 0 aliphatic heterocycles. The second kappa shape index (κ2) is 7.12. The number of amides is 1. The molecule has 1 aromatic heterocycles. The Balaban J connectivity index is 2.04. The van der Waals surface area contributed by atoms with Crippen LogP contribution in [0.3, 0.4) is 0 Å². The largest absolute Gasteiger partial charge is 0.416 e. The molecule has 1 heterocycles. The first kappa shape index (κ1) is 19.6. The molecule has 0 saturated carbocycles. The fourth-order valence-electron chi connectivity index (χ4n) is 2.57. The molecule has 0 aliphatic rings. The number of carbonyl (C=O) groups excluding carboxylic acids is 1. The molecule has 0 unspecified atom stereocenters. The molecule has 146 valence electrons. The van der Waals surface area contributed by atoms with Crippen molar-refractivity contribution in [1.29, 1.82) is 0 Å². The lowest BCUT2D eigenvalue weighted by Gasteiger charge is -2.14. The first-order valence-electron chi connectivity index (χ1n) is 7.93. The van der Waals surface area contributed by atoms with Crippen LogP contribution in [0.2, 0.25) is 0 Å². The minimum atomic E-state index is -4.65. The van der Waals surface area contributed by atoms with Crippen LogP contribution in [0, 0.1) is 0 Å². The van der Waals surface area contributed by atoms with E-state index in [1.807, 2.05) is 0 Å². The number of pyridine rings is 1. The Hall–Kier alpha value is -3.14. The molecule has 0 aliphatic carbocycles. The minimum Gasteiger partial charge on any atom is -0.355 e. The number of aromatic nitrogens is 1. The molecule has 6 nitrogen and oxygen atoms in total. The van der Waals surface area contributed by atoms with Gasteiger partial charge in [-0.25, -0.2) is 8.42 Å². The molecule has 10 heteroatoms. The highest BCUT2D eigenvalue weighted by Gasteiger charge is 2.32. The molecule has 0 fully saturated rings. The molecule has 1 amide bonds. The quantitative estimate of drug-likeness (QED) is 0.691. The SMILES string of the molecule is CNC(=O)c1ccc(S(=O)(=O)Nc2cc(C(F)(F)F)cc3cccnc23)cc1. The van der Waals surface area contributed by atoms with E-state index in [-0.39, 0.29) is 27.0 Å². The third-order valence-corrected chi connectivity index (χ3v) is 5.31. The summed E-state index contributed by atoms with van der Waals surface area (Å²) in [4.78, 5) is 15.3. The van der Waals surface area contributed by atoms with E-state index in [4.69, 9.17) is 0 Å². The summed E-state index contributed by atoms with van der Waals surface area (Å²) in [6.45, 7) is 0. The molecule has 2 N–H and O–H groups in total. The predicted molar refractivity (Wildman–Crippen MR) is 97.4 cm³/mol. The van der Waals surface area contributed by atoms with Crippen LogP contribution in [0.25, 0.3) is 10.9 Å². The van der Waals surface area contributed by atoms with Gasteiger partial charge in [0.15, 0.2) is 0 Å². The van der Waals surface area contributed by atoms with Crippen molar-refractivity contribution in [3.8, 4) is 0 Å². The molecular formula is C18H14F3N3O3S. The smallest absolute Gasteiger partial charge is 0.355 e. The van der Waals surface area contributed by atoms with Gasteiger partial charge >= 0.3 is 6.18 Å². The molecule has 0 saturated heterocycles. The molecular weight excluding hydrogens is 395 g/mol. The molecule has 3 rings (SSSR count). The van der Waals surface area contributed by atoms with Crippen LogP contribution in [-0.2, 0) is 16.2 Å². The summed E-state index contributed by atoms with van der Waals surface area (Å²) >= 11 is 0. The van der Waals surface area contributed by atoms with Crippen LogP contribution in [0.15, 0.2) is 59.6 Å². The van der Waals surface area contributed by atoms with Crippen molar-refractivity contribution in [3.63, 3.8) is 0 Å². The van der Waals surface area contributed by atoms with Crippen LogP contribution < -0.4 is 10.0 Å². The Kier molecular flexibility index (Phi) is 4.99. The average Bonchev–Trinajstić information content (AvgIpc) is 2.66. The molecule has 0 bridgehead atoms. The first-order chi connectivity index (χ1) is 13.1. The van der Waals surface area contributed by atoms with Gasteiger partial charge in [-0.05, 0) is 42.5 Å². The van der Waals surface area contributed by atoms with E-state index < -0.39 is 27.7 Å². The molecule has 0 radical (unpaired) electrons. The number of halogens is 3. The molecule has 3 aromatic rings. The van der Waals surface area contributed by atoms with Gasteiger partial charge in [0, 0.05) is 24.2 Å². The Labute approximate surface area is 158 Å². The maximum Gasteiger partial charge on any atom is 0.416 e. The third-order valence-electron chi connectivity index (χ3n) is 3.93. The predicted octanol–water partition coefficient (Wildman–Crippen LogP) is 3.41. The first-order valence-corrected chi connectivity index (χ1v) is 9.41. The standard InChI is InChI=1S/C18H14F3N3O3S/c1-22-17(25)11-4-6-14(7-5-11)28(26,27)24-15-10-13(18(19,20)21)9-12-3-2-8-23-16(12)15/h2-10,24H,1H3,(H,22,25). The van der Waals surface area contributed by atoms with Gasteiger partial charge < -0.3 is 5.32 Å². The van der Waals surface area contributed by atoms with Crippen LogP contribution in [-0.4, -0.2) is 26.4 Å². The number of nitrogens with one attached hydrogen (secondary N) is 2. The van der Waals surface area contributed by atoms with Gasteiger partial charge in [0.2, 0.25) is 0 Å². The number of alkyl halides is 3. The van der Waals surface area contributed by atoms with Gasteiger partial charge in [-0.2, -0.15) is 13.2 Å². The fourth-order valence-corrected chi connectivity index (χ4v) is 3.62. The maximum atomic E-state index is 13.2. The normalized spacial score (nSPS) is 12.0. The van der Waals surface area contributed by atoms with Crippen molar-refractivity contribution in [2.24, 2.45) is 0 Å². The summed E-state index contributed by atoms with van der Waals surface area (Å²) < 4.78 is 66.9. The summed E-state index contributed by atoms with van der Waals surface area (Å²) in [5.41, 5.74) is -0.963. The number of hydrogen-bond acceptors (Lipinski definition) is 4. The second-order valence-electron chi connectivity index (χ2n) is 5.81. The summed E-state index contributed by atoms with van der Waals surface area (Å²) in [5, 5.41) is 2.54. The number of sulfonamides is 1. The van der Waals surface area contributed by atoms with E-state index in [0.29, 0.717) is 6.07 Å². The minimum absolute atomic E-state index is 0.0843. The van der Waals surface area contributed by atoms with Crippen LogP contribution >= 0.6 is 0 Å². The summed E-state index contributed by atoms with van der Waals surface area (Å²) in [6, 6.07) is 9.45. The Morgan fingerprint density at radius 2 is 1.75 bits per heavy atom. The van der Waals surface area contributed by atoms with E-state index in [9.17, 15) is 26.4 Å². The summed E-state index contributed by atoms with van der Waals surface area (Å²) in [5.74, 6) is -0.398. The molecule has 28 heavy (non-hydrogen) atoms. The van der Waals surface area contributed by atoms with Gasteiger partial charge in [0.05, 0.1) is 21.7 Å². The van der Waals surface area contributed by atoms with Crippen molar-refractivity contribution in [2.45, 2.75) is 11.1 Å². The number of hydrogen-bond donors (Lipinski definition) is 2. The highest BCUT2D eigenvalue weighted by Crippen LogP contribution is 2.35. The number of fused-ring (bicyclic) bond motifs is 1. The van der Waals surface area contributed by atoms with Gasteiger partial charge in [-0.3, -0.25) is 14.5 Å². The fraction of sp³-hybridized carbons (Fsp3) is 0.111. The summed E-state index contributed by atoms with van der Waals surface area (Å²) in [7, 11) is -2.77. The highest BCUT2D eigenvalue weighted by atomic mass is 32.2. The van der Waals surface area contributed by atoms with Crippen molar-refractivity contribution in [1.82, 2.24) is 10.3 Å². The van der Waals surface area contributed by atoms with Gasteiger partial charge in [0.1, 0.15) is 0 Å².